The van der Waals surface area contributed by atoms with Gasteiger partial charge in [-0.1, -0.05) is 48.6 Å². The number of ether oxygens (including phenoxy) is 9. The van der Waals surface area contributed by atoms with E-state index in [-0.39, 0.29) is 73.7 Å². The lowest BCUT2D eigenvalue weighted by Crippen LogP contribution is -2.63. The first-order valence-electron chi connectivity index (χ1n) is 27.0. The molecule has 19 atom stereocenters. The standard InChI is InChI=1S/C58H88O24/c1-13-55(9,72)25-17-21-33(6)49(69)78-46-38(31-74-48(68)32(5)23-19-27-57(11,15-3)81-53-44(66)42(64)40(62)37(30-60)76-53)77-54(45(67)47(46)79-50(70)34(7)22-18-26-56(10,73)14-2)82-58(12,16-4)28-20-24-35(8)51(71)80-52-43(65)41(63)39(61)36(29-59)75-52/h13-16,21-24,36-47,52-54,59-67,72-73H,1-4,17-20,25-31H2,5-12H3/b32-23+,33-21+,34-22+,35-24+/t36-,37-,38-,39-,40-,41+,42+,43-,44-,45-,46-,47-,52+,53+,54+,55?,56?,57?,58?/m1/s1. The summed E-state index contributed by atoms with van der Waals surface area (Å²) in [7, 11) is 0. The van der Waals surface area contributed by atoms with Crippen LogP contribution >= 0.6 is 0 Å². The van der Waals surface area contributed by atoms with E-state index in [0.717, 1.165) is 0 Å². The summed E-state index contributed by atoms with van der Waals surface area (Å²) in [5, 5.41) is 114. The van der Waals surface area contributed by atoms with E-state index in [1.54, 1.807) is 13.8 Å². The van der Waals surface area contributed by atoms with Crippen LogP contribution in [0, 0.1) is 0 Å². The molecule has 3 aliphatic heterocycles. The van der Waals surface area contributed by atoms with Crippen molar-refractivity contribution in [3.63, 3.8) is 0 Å². The molecule has 0 aromatic heterocycles. The predicted octanol–water partition coefficient (Wildman–Crippen LogP) is 1.28. The van der Waals surface area contributed by atoms with Crippen molar-refractivity contribution in [1.82, 2.24) is 0 Å². The van der Waals surface area contributed by atoms with Crippen molar-refractivity contribution in [2.45, 2.75) is 221 Å². The molecule has 3 fully saturated rings. The van der Waals surface area contributed by atoms with Crippen molar-refractivity contribution in [3.05, 3.63) is 97.2 Å². The zero-order valence-corrected chi connectivity index (χ0v) is 48.1. The minimum absolute atomic E-state index is 0.00303. The third-order valence-corrected chi connectivity index (χ3v) is 14.6. The van der Waals surface area contributed by atoms with Crippen LogP contribution in [-0.2, 0) is 61.8 Å². The van der Waals surface area contributed by atoms with Crippen LogP contribution < -0.4 is 0 Å². The van der Waals surface area contributed by atoms with Gasteiger partial charge in [0.05, 0.1) is 35.6 Å². The van der Waals surface area contributed by atoms with Crippen LogP contribution in [0.3, 0.4) is 0 Å². The molecule has 3 aliphatic rings. The summed E-state index contributed by atoms with van der Waals surface area (Å²) in [6.07, 6.45) is -12.5. The van der Waals surface area contributed by atoms with E-state index in [0.29, 0.717) is 0 Å². The van der Waals surface area contributed by atoms with Gasteiger partial charge in [0, 0.05) is 22.3 Å². The first-order valence-corrected chi connectivity index (χ1v) is 27.0. The summed E-state index contributed by atoms with van der Waals surface area (Å²) in [6.45, 7) is 24.7. The van der Waals surface area contributed by atoms with E-state index in [2.05, 4.69) is 26.3 Å². The van der Waals surface area contributed by atoms with E-state index in [1.165, 1.54) is 90.2 Å². The van der Waals surface area contributed by atoms with Crippen LogP contribution in [0.2, 0.25) is 0 Å². The van der Waals surface area contributed by atoms with E-state index in [9.17, 15) is 75.3 Å². The fraction of sp³-hybridized carbons (Fsp3) is 0.655. The summed E-state index contributed by atoms with van der Waals surface area (Å²) >= 11 is 0. The number of hydrogen-bond donors (Lipinski definition) is 11. The highest BCUT2D eigenvalue weighted by atomic mass is 16.7. The molecule has 0 radical (unpaired) electrons. The van der Waals surface area contributed by atoms with Crippen LogP contribution in [0.4, 0.5) is 0 Å². The van der Waals surface area contributed by atoms with E-state index < -0.39 is 158 Å². The molecule has 0 spiro atoms. The Kier molecular flexibility index (Phi) is 27.8. The van der Waals surface area contributed by atoms with Gasteiger partial charge >= 0.3 is 23.9 Å². The first-order chi connectivity index (χ1) is 38.3. The van der Waals surface area contributed by atoms with Crippen molar-refractivity contribution < 1.29 is 118 Å². The van der Waals surface area contributed by atoms with E-state index >= 15 is 0 Å². The maximum absolute atomic E-state index is 13.9. The van der Waals surface area contributed by atoms with Crippen molar-refractivity contribution in [1.29, 1.82) is 0 Å². The Morgan fingerprint density at radius 3 is 1.18 bits per heavy atom. The number of carbonyl (C=O) groups is 4. The van der Waals surface area contributed by atoms with Gasteiger partial charge in [0.2, 0.25) is 6.29 Å². The summed E-state index contributed by atoms with van der Waals surface area (Å²) in [4.78, 5) is 54.7. The average molecular weight is 1170 g/mol. The average Bonchev–Trinajstić information content (AvgIpc) is 3.65. The zero-order valence-electron chi connectivity index (χ0n) is 48.1. The monoisotopic (exact) mass is 1170 g/mol. The number of hydrogen-bond acceptors (Lipinski definition) is 24. The lowest BCUT2D eigenvalue weighted by Gasteiger charge is -2.45. The molecular formula is C58H88O24. The van der Waals surface area contributed by atoms with Crippen LogP contribution in [0.1, 0.15) is 107 Å². The zero-order chi connectivity index (χ0) is 62.1. The molecule has 0 saturated carbocycles. The third-order valence-electron chi connectivity index (χ3n) is 14.6. The highest BCUT2D eigenvalue weighted by molar-refractivity contribution is 5.89. The van der Waals surface area contributed by atoms with Gasteiger partial charge in [-0.2, -0.15) is 0 Å². The summed E-state index contributed by atoms with van der Waals surface area (Å²) < 4.78 is 52.3. The normalized spacial score (nSPS) is 32.3. The first kappa shape index (κ1) is 71.4. The highest BCUT2D eigenvalue weighted by Crippen LogP contribution is 2.34. The molecule has 24 nitrogen and oxygen atoms in total. The molecule has 24 heteroatoms. The summed E-state index contributed by atoms with van der Waals surface area (Å²) in [5.41, 5.74) is -5.10. The number of esters is 4. The number of allylic oxidation sites excluding steroid dienone is 4. The highest BCUT2D eigenvalue weighted by Gasteiger charge is 2.53. The fourth-order valence-corrected chi connectivity index (χ4v) is 8.43. The Balaban J connectivity index is 2.00. The van der Waals surface area contributed by atoms with E-state index in [4.69, 9.17) is 42.6 Å². The van der Waals surface area contributed by atoms with Gasteiger partial charge < -0.3 is 98.8 Å². The van der Waals surface area contributed by atoms with Crippen molar-refractivity contribution in [2.75, 3.05) is 19.8 Å². The molecule has 0 aromatic carbocycles. The number of rotatable bonds is 31. The second kappa shape index (κ2) is 31.9. The maximum Gasteiger partial charge on any atom is 0.335 e. The quantitative estimate of drug-likeness (QED) is 0.0202. The van der Waals surface area contributed by atoms with Crippen molar-refractivity contribution in [2.24, 2.45) is 0 Å². The molecule has 0 bridgehead atoms. The Morgan fingerprint density at radius 2 is 0.780 bits per heavy atom. The fourth-order valence-electron chi connectivity index (χ4n) is 8.43. The van der Waals surface area contributed by atoms with Crippen LogP contribution in [0.25, 0.3) is 0 Å². The smallest absolute Gasteiger partial charge is 0.335 e. The summed E-state index contributed by atoms with van der Waals surface area (Å²) in [5.74, 6) is -3.83. The van der Waals surface area contributed by atoms with Crippen molar-refractivity contribution in [3.8, 4) is 0 Å². The van der Waals surface area contributed by atoms with Gasteiger partial charge in [-0.25, -0.2) is 19.2 Å². The van der Waals surface area contributed by atoms with E-state index in [1.807, 2.05) is 0 Å². The van der Waals surface area contributed by atoms with Gasteiger partial charge in [-0.05, 0) is 107 Å². The lowest BCUT2D eigenvalue weighted by atomic mass is 9.95. The lowest BCUT2D eigenvalue weighted by molar-refractivity contribution is -0.322. The van der Waals surface area contributed by atoms with Gasteiger partial charge in [0.15, 0.2) is 24.8 Å². The number of aliphatic hydroxyl groups excluding tert-OH is 9. The second-order valence-corrected chi connectivity index (χ2v) is 21.8. The Hall–Kier alpha value is -4.84. The topological polar surface area (TPSA) is 374 Å². The van der Waals surface area contributed by atoms with Gasteiger partial charge in [-0.15, -0.1) is 26.3 Å². The Bertz CT molecular complexity index is 2300. The van der Waals surface area contributed by atoms with Gasteiger partial charge in [0.1, 0.15) is 67.6 Å². The number of aliphatic hydroxyl groups is 11. The maximum atomic E-state index is 13.9. The molecule has 4 unspecified atom stereocenters. The SMILES string of the molecule is C=CC(C)(O)CC/C=C(\C)C(=O)O[C@@H]1[C@@H](O)[C@H](OC(C)(C=C)CC/C=C(\C)C(=O)O[C@@H]2O[C@H](CO)[C@@H](O)[C@H](O)[C@H]2O)O[C@H](COC(=O)/C(C)=C/CCC(C)(C=C)O[C@@H]2O[C@H](CO)[C@@H](O)[C@H](O)[C@H]2O)[C@H]1OC(=O)/C(C)=C/CCC(C)(O)C=C. The molecule has 3 rings (SSSR count). The molecule has 82 heavy (non-hydrogen) atoms. The predicted molar refractivity (Wildman–Crippen MR) is 292 cm³/mol. The second-order valence-electron chi connectivity index (χ2n) is 21.8. The molecule has 0 aliphatic carbocycles. The van der Waals surface area contributed by atoms with Crippen LogP contribution in [-0.4, -0.2) is 214 Å². The molecule has 0 aromatic rings. The van der Waals surface area contributed by atoms with Gasteiger partial charge in [0.25, 0.3) is 0 Å². The number of carbonyl (C=O) groups excluding carboxylic acids is 4. The van der Waals surface area contributed by atoms with Gasteiger partial charge in [-0.3, -0.25) is 0 Å². The van der Waals surface area contributed by atoms with Crippen LogP contribution in [0.15, 0.2) is 97.2 Å². The van der Waals surface area contributed by atoms with Crippen molar-refractivity contribution >= 4 is 23.9 Å². The molecule has 0 amide bonds. The Labute approximate surface area is 478 Å². The molecular weight excluding hydrogens is 1080 g/mol. The molecule has 11 N–H and O–H groups in total. The minimum Gasteiger partial charge on any atom is -0.459 e. The molecule has 3 saturated heterocycles. The largest absolute Gasteiger partial charge is 0.459 e. The summed E-state index contributed by atoms with van der Waals surface area (Å²) in [6, 6.07) is 0. The Morgan fingerprint density at radius 1 is 0.439 bits per heavy atom. The third kappa shape index (κ3) is 20.5. The van der Waals surface area contributed by atoms with Crippen LogP contribution in [0.5, 0.6) is 0 Å². The molecule has 464 valence electrons. The minimum atomic E-state index is -1.95. The molecule has 3 heterocycles.